The Hall–Kier alpha value is -1.65. The van der Waals surface area contributed by atoms with Crippen LogP contribution in [0.2, 0.25) is 0 Å². The van der Waals surface area contributed by atoms with Gasteiger partial charge in [-0.1, -0.05) is 27.7 Å². The average Bonchev–Trinajstić information content (AvgIpc) is 2.38. The fourth-order valence-electron chi connectivity index (χ4n) is 2.09. The van der Waals surface area contributed by atoms with Crippen molar-refractivity contribution in [3.8, 4) is 0 Å². The number of aromatic nitrogens is 2. The predicted molar refractivity (Wildman–Crippen MR) is 75.0 cm³/mol. The van der Waals surface area contributed by atoms with Crippen molar-refractivity contribution < 1.29 is 9.53 Å². The van der Waals surface area contributed by atoms with Crippen LogP contribution in [0.1, 0.15) is 38.2 Å². The van der Waals surface area contributed by atoms with E-state index in [1.54, 1.807) is 6.20 Å². The van der Waals surface area contributed by atoms with Gasteiger partial charge in [-0.15, -0.1) is 0 Å². The van der Waals surface area contributed by atoms with E-state index < -0.39 is 5.97 Å². The Morgan fingerprint density at radius 3 is 2.26 bits per heavy atom. The first-order chi connectivity index (χ1) is 8.95. The van der Waals surface area contributed by atoms with Crippen molar-refractivity contribution in [2.75, 3.05) is 19.0 Å². The highest BCUT2D eigenvalue weighted by Crippen LogP contribution is 2.20. The number of carbonyl (C=O) groups excluding carboxylic acids is 1. The number of nitrogens with zero attached hydrogens (tertiary/aromatic N) is 2. The Kier molecular flexibility index (Phi) is 5.73. The Morgan fingerprint density at radius 1 is 1.21 bits per heavy atom. The molecule has 1 N–H and O–H groups in total. The second kappa shape index (κ2) is 7.07. The van der Waals surface area contributed by atoms with Crippen LogP contribution in [0.25, 0.3) is 0 Å². The number of carbonyl (C=O) groups is 1. The van der Waals surface area contributed by atoms with Crippen molar-refractivity contribution >= 4 is 11.8 Å². The number of rotatable bonds is 6. The summed E-state index contributed by atoms with van der Waals surface area (Å²) in [5.74, 6) is 1.99. The Balaban J connectivity index is 2.60. The summed E-state index contributed by atoms with van der Waals surface area (Å²) in [6, 6.07) is 0. The highest BCUT2D eigenvalue weighted by molar-refractivity contribution is 5.86. The molecular weight excluding hydrogens is 242 g/mol. The molecule has 5 nitrogen and oxygen atoms in total. The maximum Gasteiger partial charge on any atom is 0.358 e. The molecule has 1 aromatic rings. The molecular formula is C14H23N3O2. The third-order valence-electron chi connectivity index (χ3n) is 3.28. The van der Waals surface area contributed by atoms with E-state index in [-0.39, 0.29) is 5.69 Å². The molecule has 0 aliphatic rings. The summed E-state index contributed by atoms with van der Waals surface area (Å²) < 4.78 is 4.58. The van der Waals surface area contributed by atoms with Crippen molar-refractivity contribution in [1.29, 1.82) is 0 Å². The van der Waals surface area contributed by atoms with Gasteiger partial charge in [-0.3, -0.25) is 0 Å². The van der Waals surface area contributed by atoms with Crippen molar-refractivity contribution in [2.45, 2.75) is 27.7 Å². The van der Waals surface area contributed by atoms with Crippen LogP contribution in [-0.4, -0.2) is 29.6 Å². The number of esters is 1. The van der Waals surface area contributed by atoms with Crippen LogP contribution in [0.15, 0.2) is 12.4 Å². The van der Waals surface area contributed by atoms with Gasteiger partial charge in [0.05, 0.1) is 19.5 Å². The summed E-state index contributed by atoms with van der Waals surface area (Å²) in [5.41, 5.74) is 0.220. The number of hydrogen-bond acceptors (Lipinski definition) is 5. The summed E-state index contributed by atoms with van der Waals surface area (Å²) in [6.45, 7) is 9.73. The fraction of sp³-hybridized carbons (Fsp3) is 0.643. The first-order valence-electron chi connectivity index (χ1n) is 6.60. The molecule has 0 fully saturated rings. The van der Waals surface area contributed by atoms with Gasteiger partial charge < -0.3 is 10.1 Å². The minimum absolute atomic E-state index is 0.220. The third kappa shape index (κ3) is 4.50. The summed E-state index contributed by atoms with van der Waals surface area (Å²) in [4.78, 5) is 19.4. The molecule has 0 spiro atoms. The number of ether oxygens (including phenoxy) is 1. The zero-order chi connectivity index (χ0) is 14.4. The van der Waals surface area contributed by atoms with E-state index >= 15 is 0 Å². The van der Waals surface area contributed by atoms with Crippen molar-refractivity contribution in [3.63, 3.8) is 0 Å². The van der Waals surface area contributed by atoms with Gasteiger partial charge in [-0.2, -0.15) is 0 Å². The number of hydrogen-bond donors (Lipinski definition) is 1. The second-order valence-corrected chi connectivity index (χ2v) is 5.31. The third-order valence-corrected chi connectivity index (χ3v) is 3.28. The number of nitrogens with one attached hydrogen (secondary N) is 1. The molecule has 0 amide bonds. The molecule has 5 heteroatoms. The van der Waals surface area contributed by atoms with Crippen LogP contribution in [0, 0.1) is 17.8 Å². The van der Waals surface area contributed by atoms with Crippen LogP contribution >= 0.6 is 0 Å². The molecule has 0 saturated carbocycles. The van der Waals surface area contributed by atoms with E-state index in [0.717, 1.165) is 6.54 Å². The van der Waals surface area contributed by atoms with E-state index in [2.05, 4.69) is 47.7 Å². The Labute approximate surface area is 114 Å². The van der Waals surface area contributed by atoms with Crippen molar-refractivity contribution in [1.82, 2.24) is 9.97 Å². The number of anilines is 1. The SMILES string of the molecule is COC(=O)c1cnc(NCC(C(C)C)C(C)C)cn1. The predicted octanol–water partition coefficient (Wildman–Crippen LogP) is 2.60. The zero-order valence-corrected chi connectivity index (χ0v) is 12.3. The topological polar surface area (TPSA) is 64.1 Å². The maximum atomic E-state index is 11.2. The molecule has 0 aromatic carbocycles. The number of methoxy groups -OCH3 is 1. The molecule has 0 unspecified atom stereocenters. The van der Waals surface area contributed by atoms with Crippen LogP contribution in [-0.2, 0) is 4.74 Å². The minimum Gasteiger partial charge on any atom is -0.464 e. The molecule has 1 aromatic heterocycles. The minimum atomic E-state index is -0.471. The molecule has 19 heavy (non-hydrogen) atoms. The van der Waals surface area contributed by atoms with Gasteiger partial charge in [0.2, 0.25) is 0 Å². The van der Waals surface area contributed by atoms with Gasteiger partial charge >= 0.3 is 5.97 Å². The van der Waals surface area contributed by atoms with Crippen LogP contribution in [0.4, 0.5) is 5.82 Å². The normalized spacial score (nSPS) is 11.2. The van der Waals surface area contributed by atoms with Crippen LogP contribution < -0.4 is 5.32 Å². The van der Waals surface area contributed by atoms with Crippen molar-refractivity contribution in [2.24, 2.45) is 17.8 Å². The fourth-order valence-corrected chi connectivity index (χ4v) is 2.09. The average molecular weight is 265 g/mol. The van der Waals surface area contributed by atoms with E-state index in [4.69, 9.17) is 0 Å². The summed E-state index contributed by atoms with van der Waals surface area (Å²) in [6.07, 6.45) is 2.98. The smallest absolute Gasteiger partial charge is 0.358 e. The van der Waals surface area contributed by atoms with E-state index in [1.165, 1.54) is 13.3 Å². The van der Waals surface area contributed by atoms with E-state index in [0.29, 0.717) is 23.6 Å². The molecule has 106 valence electrons. The molecule has 1 heterocycles. The lowest BCUT2D eigenvalue weighted by molar-refractivity contribution is 0.0593. The van der Waals surface area contributed by atoms with Gasteiger partial charge in [0.15, 0.2) is 5.69 Å². The van der Waals surface area contributed by atoms with Crippen LogP contribution in [0.3, 0.4) is 0 Å². The molecule has 0 radical (unpaired) electrons. The summed E-state index contributed by atoms with van der Waals surface area (Å²) in [7, 11) is 1.33. The Bertz CT molecular complexity index is 394. The molecule has 0 atom stereocenters. The molecule has 0 saturated heterocycles. The highest BCUT2D eigenvalue weighted by atomic mass is 16.5. The van der Waals surface area contributed by atoms with Gasteiger partial charge in [0, 0.05) is 6.54 Å². The first kappa shape index (κ1) is 15.4. The standard InChI is InChI=1S/C14H23N3O2/c1-9(2)11(10(3)4)6-16-13-8-15-12(7-17-13)14(18)19-5/h7-11H,6H2,1-5H3,(H,16,17). The summed E-state index contributed by atoms with van der Waals surface area (Å²) in [5, 5.41) is 3.27. The van der Waals surface area contributed by atoms with E-state index in [9.17, 15) is 4.79 Å². The first-order valence-corrected chi connectivity index (χ1v) is 6.60. The lowest BCUT2D eigenvalue weighted by Gasteiger charge is -2.25. The van der Waals surface area contributed by atoms with Gasteiger partial charge in [-0.05, 0) is 17.8 Å². The van der Waals surface area contributed by atoms with Crippen molar-refractivity contribution in [3.05, 3.63) is 18.1 Å². The van der Waals surface area contributed by atoms with Crippen LogP contribution in [0.5, 0.6) is 0 Å². The molecule has 0 aliphatic heterocycles. The Morgan fingerprint density at radius 2 is 1.84 bits per heavy atom. The monoisotopic (exact) mass is 265 g/mol. The molecule has 1 rings (SSSR count). The zero-order valence-electron chi connectivity index (χ0n) is 12.3. The largest absolute Gasteiger partial charge is 0.464 e. The summed E-state index contributed by atoms with van der Waals surface area (Å²) >= 11 is 0. The van der Waals surface area contributed by atoms with Gasteiger partial charge in [0.25, 0.3) is 0 Å². The maximum absolute atomic E-state index is 11.2. The van der Waals surface area contributed by atoms with Gasteiger partial charge in [0.1, 0.15) is 5.82 Å². The molecule has 0 aliphatic carbocycles. The molecule has 0 bridgehead atoms. The quantitative estimate of drug-likeness (QED) is 0.801. The lowest BCUT2D eigenvalue weighted by Crippen LogP contribution is -2.25. The van der Waals surface area contributed by atoms with E-state index in [1.807, 2.05) is 0 Å². The second-order valence-electron chi connectivity index (χ2n) is 5.31. The lowest BCUT2D eigenvalue weighted by atomic mass is 9.85. The highest BCUT2D eigenvalue weighted by Gasteiger charge is 2.17. The van der Waals surface area contributed by atoms with Gasteiger partial charge in [-0.25, -0.2) is 14.8 Å².